The van der Waals surface area contributed by atoms with E-state index in [9.17, 15) is 9.59 Å². The quantitative estimate of drug-likeness (QED) is 0.853. The number of carbonyl (C=O) groups excluding carboxylic acids is 1. The van der Waals surface area contributed by atoms with E-state index in [2.05, 4.69) is 11.8 Å². The van der Waals surface area contributed by atoms with Crippen LogP contribution in [0.4, 0.5) is 0 Å². The van der Waals surface area contributed by atoms with Gasteiger partial charge in [0.15, 0.2) is 0 Å². The van der Waals surface area contributed by atoms with Crippen molar-refractivity contribution in [2.24, 2.45) is 5.41 Å². The van der Waals surface area contributed by atoms with Crippen LogP contribution >= 0.6 is 0 Å². The Morgan fingerprint density at radius 2 is 1.95 bits per heavy atom. The summed E-state index contributed by atoms with van der Waals surface area (Å²) in [5.74, 6) is -0.926. The van der Waals surface area contributed by atoms with Crippen LogP contribution < -0.4 is 0 Å². The molecule has 0 bridgehead atoms. The predicted octanol–water partition coefficient (Wildman–Crippen LogP) is 1.57. The Hall–Kier alpha value is -1.10. The maximum atomic E-state index is 12.4. The molecule has 2 saturated heterocycles. The average Bonchev–Trinajstić information content (AvgIpc) is 2.37. The highest BCUT2D eigenvalue weighted by Crippen LogP contribution is 2.27. The van der Waals surface area contributed by atoms with E-state index in [-0.39, 0.29) is 18.4 Å². The number of piperidine rings is 1. The molecule has 5 nitrogen and oxygen atoms in total. The van der Waals surface area contributed by atoms with E-state index in [1.807, 2.05) is 4.90 Å². The molecule has 1 N–H and O–H groups in total. The second kappa shape index (κ2) is 5.72. The first-order valence-electron chi connectivity index (χ1n) is 7.58. The number of carboxylic acids is 1. The van der Waals surface area contributed by atoms with Gasteiger partial charge in [0.1, 0.15) is 0 Å². The lowest BCUT2D eigenvalue weighted by atomic mass is 9.88. The van der Waals surface area contributed by atoms with Crippen LogP contribution in [0.15, 0.2) is 0 Å². The van der Waals surface area contributed by atoms with E-state index in [4.69, 9.17) is 5.11 Å². The van der Waals surface area contributed by atoms with Gasteiger partial charge in [0.2, 0.25) is 5.91 Å². The maximum Gasteiger partial charge on any atom is 0.309 e. The normalized spacial score (nSPS) is 28.1. The minimum absolute atomic E-state index is 0.0184. The molecule has 2 fully saturated rings. The Labute approximate surface area is 120 Å². The number of rotatable bonds is 3. The largest absolute Gasteiger partial charge is 0.481 e. The minimum atomic E-state index is -0.986. The fourth-order valence-corrected chi connectivity index (χ4v) is 3.25. The number of nitrogens with zero attached hydrogens (tertiary/aromatic N) is 2. The van der Waals surface area contributed by atoms with E-state index >= 15 is 0 Å². The molecule has 0 saturated carbocycles. The average molecular weight is 282 g/mol. The number of carboxylic acid groups (broad SMARTS) is 1. The second-order valence-electron chi connectivity index (χ2n) is 6.91. The Morgan fingerprint density at radius 1 is 1.25 bits per heavy atom. The minimum Gasteiger partial charge on any atom is -0.481 e. The summed E-state index contributed by atoms with van der Waals surface area (Å²) in [5.41, 5.74) is -0.986. The molecule has 0 aliphatic carbocycles. The molecule has 2 heterocycles. The highest BCUT2D eigenvalue weighted by molar-refractivity contribution is 5.84. The van der Waals surface area contributed by atoms with Crippen molar-refractivity contribution in [3.05, 3.63) is 0 Å². The van der Waals surface area contributed by atoms with E-state index in [1.54, 1.807) is 13.8 Å². The first kappa shape index (κ1) is 15.3. The van der Waals surface area contributed by atoms with Crippen LogP contribution in [-0.4, -0.2) is 58.5 Å². The summed E-state index contributed by atoms with van der Waals surface area (Å²) in [6.45, 7) is 8.12. The van der Waals surface area contributed by atoms with E-state index < -0.39 is 11.4 Å². The molecule has 0 aromatic heterocycles. The third kappa shape index (κ3) is 3.14. The molecule has 2 rings (SSSR count). The molecule has 114 valence electrons. The number of carbonyl (C=O) groups is 2. The molecule has 0 aromatic rings. The second-order valence-corrected chi connectivity index (χ2v) is 6.91. The number of piperazine rings is 1. The summed E-state index contributed by atoms with van der Waals surface area (Å²) in [7, 11) is 0. The Kier molecular flexibility index (Phi) is 4.37. The van der Waals surface area contributed by atoms with Crippen molar-refractivity contribution in [3.8, 4) is 0 Å². The number of aliphatic carboxylic acids is 1. The van der Waals surface area contributed by atoms with Gasteiger partial charge in [0.05, 0.1) is 5.41 Å². The summed E-state index contributed by atoms with van der Waals surface area (Å²) < 4.78 is 0. The molecule has 5 heteroatoms. The van der Waals surface area contributed by atoms with Crippen molar-refractivity contribution in [2.75, 3.05) is 19.6 Å². The van der Waals surface area contributed by atoms with Gasteiger partial charge < -0.3 is 10.0 Å². The smallest absolute Gasteiger partial charge is 0.309 e. The lowest BCUT2D eigenvalue weighted by Gasteiger charge is -2.47. The Morgan fingerprint density at radius 3 is 2.60 bits per heavy atom. The number of hydrogen-bond donors (Lipinski definition) is 1. The molecule has 0 radical (unpaired) electrons. The molecular formula is C15H26N2O3. The van der Waals surface area contributed by atoms with Gasteiger partial charge in [0.25, 0.3) is 0 Å². The van der Waals surface area contributed by atoms with Crippen molar-refractivity contribution < 1.29 is 14.7 Å². The zero-order valence-corrected chi connectivity index (χ0v) is 12.8. The fraction of sp³-hybridized carbons (Fsp3) is 0.867. The predicted molar refractivity (Wildman–Crippen MR) is 76.4 cm³/mol. The zero-order valence-electron chi connectivity index (χ0n) is 12.8. The molecule has 0 aromatic carbocycles. The van der Waals surface area contributed by atoms with Gasteiger partial charge in [-0.25, -0.2) is 0 Å². The van der Waals surface area contributed by atoms with Gasteiger partial charge in [-0.3, -0.25) is 14.5 Å². The lowest BCUT2D eigenvalue weighted by molar-refractivity contribution is -0.153. The van der Waals surface area contributed by atoms with Crippen LogP contribution in [0.2, 0.25) is 0 Å². The summed E-state index contributed by atoms with van der Waals surface area (Å²) in [6.07, 6.45) is 3.72. The third-order valence-electron chi connectivity index (χ3n) is 4.68. The molecule has 2 aliphatic heterocycles. The topological polar surface area (TPSA) is 60.9 Å². The fourth-order valence-electron chi connectivity index (χ4n) is 3.25. The molecule has 1 amide bonds. The van der Waals surface area contributed by atoms with E-state index in [1.165, 1.54) is 12.8 Å². The summed E-state index contributed by atoms with van der Waals surface area (Å²) >= 11 is 0. The van der Waals surface area contributed by atoms with Crippen LogP contribution in [0.3, 0.4) is 0 Å². The van der Waals surface area contributed by atoms with Crippen LogP contribution in [0.25, 0.3) is 0 Å². The molecule has 0 spiro atoms. The molecular weight excluding hydrogens is 256 g/mol. The van der Waals surface area contributed by atoms with Crippen molar-refractivity contribution >= 4 is 11.9 Å². The summed E-state index contributed by atoms with van der Waals surface area (Å²) in [5, 5.41) is 9.16. The van der Waals surface area contributed by atoms with Gasteiger partial charge in [-0.05, 0) is 40.2 Å². The van der Waals surface area contributed by atoms with Crippen LogP contribution in [0.1, 0.15) is 46.5 Å². The molecule has 2 unspecified atom stereocenters. The van der Waals surface area contributed by atoms with Gasteiger partial charge in [-0.1, -0.05) is 6.42 Å². The number of hydrogen-bond acceptors (Lipinski definition) is 3. The van der Waals surface area contributed by atoms with Crippen molar-refractivity contribution in [3.63, 3.8) is 0 Å². The van der Waals surface area contributed by atoms with Crippen molar-refractivity contribution in [1.29, 1.82) is 0 Å². The molecule has 2 atom stereocenters. The number of fused-ring (bicyclic) bond motifs is 1. The summed E-state index contributed by atoms with van der Waals surface area (Å²) in [6, 6.07) is 0.651. The van der Waals surface area contributed by atoms with E-state index in [0.29, 0.717) is 6.04 Å². The molecule has 20 heavy (non-hydrogen) atoms. The first-order valence-corrected chi connectivity index (χ1v) is 7.58. The van der Waals surface area contributed by atoms with Gasteiger partial charge in [-0.2, -0.15) is 0 Å². The standard InChI is InChI=1S/C15H26N2O3/c1-11-9-16-7-5-4-6-12(16)10-17(11)13(18)8-15(2,3)14(19)20/h11-12H,4-10H2,1-3H3,(H,19,20). The van der Waals surface area contributed by atoms with Crippen LogP contribution in [-0.2, 0) is 9.59 Å². The van der Waals surface area contributed by atoms with E-state index in [0.717, 1.165) is 26.1 Å². The zero-order chi connectivity index (χ0) is 14.9. The van der Waals surface area contributed by atoms with Crippen LogP contribution in [0.5, 0.6) is 0 Å². The highest BCUT2D eigenvalue weighted by Gasteiger charge is 2.38. The maximum absolute atomic E-state index is 12.4. The van der Waals surface area contributed by atoms with Crippen molar-refractivity contribution in [2.45, 2.75) is 58.5 Å². The highest BCUT2D eigenvalue weighted by atomic mass is 16.4. The van der Waals surface area contributed by atoms with Gasteiger partial charge in [0, 0.05) is 31.6 Å². The molecule has 2 aliphatic rings. The number of amides is 1. The van der Waals surface area contributed by atoms with Gasteiger partial charge in [-0.15, -0.1) is 0 Å². The van der Waals surface area contributed by atoms with Gasteiger partial charge >= 0.3 is 5.97 Å². The SMILES string of the molecule is CC1CN2CCCCC2CN1C(=O)CC(C)(C)C(=O)O. The Balaban J connectivity index is 2.01. The van der Waals surface area contributed by atoms with Crippen LogP contribution in [0, 0.1) is 5.41 Å². The first-order chi connectivity index (χ1) is 9.31. The lowest BCUT2D eigenvalue weighted by Crippen LogP contribution is -2.60. The Bertz CT molecular complexity index is 395. The van der Waals surface area contributed by atoms with Crippen molar-refractivity contribution in [1.82, 2.24) is 9.80 Å². The summed E-state index contributed by atoms with van der Waals surface area (Å²) in [4.78, 5) is 28.0. The third-order valence-corrected chi connectivity index (χ3v) is 4.68. The monoisotopic (exact) mass is 282 g/mol.